The van der Waals surface area contributed by atoms with Crippen LogP contribution < -0.4 is 0 Å². The Hall–Kier alpha value is -1.62. The third-order valence-corrected chi connectivity index (χ3v) is 3.78. The largest absolute Gasteiger partial charge is 0.381 e. The fourth-order valence-electron chi connectivity index (χ4n) is 2.64. The summed E-state index contributed by atoms with van der Waals surface area (Å²) in [6.45, 7) is 8.09. The van der Waals surface area contributed by atoms with Crippen LogP contribution in [-0.2, 0) is 30.7 Å². The zero-order chi connectivity index (χ0) is 16.3. The van der Waals surface area contributed by atoms with E-state index in [9.17, 15) is 0 Å². The Kier molecular flexibility index (Phi) is 7.87. The maximum atomic E-state index is 5.72. The highest BCUT2D eigenvalue weighted by molar-refractivity contribution is 4.97. The number of hydrogen-bond acceptors (Lipinski definition) is 3. The Balaban J connectivity index is 1.50. The Morgan fingerprint density at radius 2 is 1.30 bits per heavy atom. The van der Waals surface area contributed by atoms with Crippen molar-refractivity contribution in [3.05, 3.63) is 36.4 Å². The summed E-state index contributed by atoms with van der Waals surface area (Å²) >= 11 is 0. The van der Waals surface area contributed by atoms with E-state index in [4.69, 9.17) is 4.74 Å². The molecule has 0 aliphatic carbocycles. The smallest absolute Gasteiger partial charge is 0.0949 e. The van der Waals surface area contributed by atoms with Gasteiger partial charge in [0.15, 0.2) is 0 Å². The van der Waals surface area contributed by atoms with Crippen LogP contribution in [0.2, 0.25) is 0 Å². The van der Waals surface area contributed by atoms with Gasteiger partial charge in [0.25, 0.3) is 0 Å². The molecule has 2 heterocycles. The van der Waals surface area contributed by atoms with E-state index in [0.29, 0.717) is 0 Å². The molecular weight excluding hydrogens is 288 g/mol. The van der Waals surface area contributed by atoms with Crippen LogP contribution in [0.1, 0.15) is 50.9 Å². The molecule has 128 valence electrons. The number of ether oxygens (including phenoxy) is 1. The summed E-state index contributed by atoms with van der Waals surface area (Å²) in [4.78, 5) is 8.85. The lowest BCUT2D eigenvalue weighted by molar-refractivity contribution is 0.129. The molecule has 5 heteroatoms. The molecular formula is C18H30N4O. The zero-order valence-electron chi connectivity index (χ0n) is 14.6. The van der Waals surface area contributed by atoms with Crippen molar-refractivity contribution < 1.29 is 4.74 Å². The van der Waals surface area contributed by atoms with Crippen LogP contribution in [0.5, 0.6) is 0 Å². The SMILES string of the molecule is CCCn1cnc(CCCOCCCc2cn(CCC)cn2)c1. The molecule has 0 aromatic carbocycles. The van der Waals surface area contributed by atoms with E-state index < -0.39 is 0 Å². The molecule has 5 nitrogen and oxygen atoms in total. The maximum absolute atomic E-state index is 5.72. The van der Waals surface area contributed by atoms with E-state index in [1.807, 2.05) is 12.7 Å². The number of aryl methyl sites for hydroxylation is 4. The van der Waals surface area contributed by atoms with Gasteiger partial charge >= 0.3 is 0 Å². The van der Waals surface area contributed by atoms with Gasteiger partial charge < -0.3 is 13.9 Å². The van der Waals surface area contributed by atoms with Gasteiger partial charge in [-0.3, -0.25) is 0 Å². The molecule has 2 rings (SSSR count). The lowest BCUT2D eigenvalue weighted by Gasteiger charge is -2.02. The third kappa shape index (κ3) is 6.57. The first-order chi connectivity index (χ1) is 11.3. The second-order valence-corrected chi connectivity index (χ2v) is 6.03. The van der Waals surface area contributed by atoms with Gasteiger partial charge in [-0.2, -0.15) is 0 Å². The number of nitrogens with zero attached hydrogens (tertiary/aromatic N) is 4. The molecule has 0 atom stereocenters. The van der Waals surface area contributed by atoms with Crippen LogP contribution in [0.4, 0.5) is 0 Å². The molecule has 0 bridgehead atoms. The van der Waals surface area contributed by atoms with E-state index in [2.05, 4.69) is 45.3 Å². The summed E-state index contributed by atoms with van der Waals surface area (Å²) in [6, 6.07) is 0. The van der Waals surface area contributed by atoms with Gasteiger partial charge in [-0.25, -0.2) is 9.97 Å². The van der Waals surface area contributed by atoms with E-state index in [1.165, 1.54) is 11.4 Å². The Morgan fingerprint density at radius 3 is 1.74 bits per heavy atom. The van der Waals surface area contributed by atoms with Crippen LogP contribution >= 0.6 is 0 Å². The maximum Gasteiger partial charge on any atom is 0.0949 e. The molecule has 0 aliphatic heterocycles. The number of imidazole rings is 2. The lowest BCUT2D eigenvalue weighted by atomic mass is 10.2. The molecule has 0 spiro atoms. The van der Waals surface area contributed by atoms with Gasteiger partial charge in [-0.05, 0) is 38.5 Å². The number of aromatic nitrogens is 4. The lowest BCUT2D eigenvalue weighted by Crippen LogP contribution is -2.00. The van der Waals surface area contributed by atoms with Gasteiger partial charge in [0, 0.05) is 38.7 Å². The molecule has 23 heavy (non-hydrogen) atoms. The van der Waals surface area contributed by atoms with Crippen molar-refractivity contribution in [1.29, 1.82) is 0 Å². The first-order valence-electron chi connectivity index (χ1n) is 8.90. The molecule has 0 fully saturated rings. The molecule has 2 aromatic heterocycles. The first kappa shape index (κ1) is 17.7. The van der Waals surface area contributed by atoms with E-state index >= 15 is 0 Å². The normalized spacial score (nSPS) is 11.2. The van der Waals surface area contributed by atoms with Crippen molar-refractivity contribution in [2.75, 3.05) is 13.2 Å². The summed E-state index contributed by atoms with van der Waals surface area (Å²) < 4.78 is 10.0. The van der Waals surface area contributed by atoms with E-state index in [0.717, 1.165) is 64.8 Å². The molecule has 0 saturated carbocycles. The van der Waals surface area contributed by atoms with Gasteiger partial charge in [-0.1, -0.05) is 13.8 Å². The highest BCUT2D eigenvalue weighted by Crippen LogP contribution is 2.04. The number of rotatable bonds is 12. The fourth-order valence-corrected chi connectivity index (χ4v) is 2.64. The number of hydrogen-bond donors (Lipinski definition) is 0. The fraction of sp³-hybridized carbons (Fsp3) is 0.667. The van der Waals surface area contributed by atoms with Gasteiger partial charge in [0.2, 0.25) is 0 Å². The monoisotopic (exact) mass is 318 g/mol. The molecule has 2 aromatic rings. The molecule has 0 unspecified atom stereocenters. The minimum Gasteiger partial charge on any atom is -0.381 e. The molecule has 0 aliphatic rings. The second-order valence-electron chi connectivity index (χ2n) is 6.03. The molecule has 0 N–H and O–H groups in total. The van der Waals surface area contributed by atoms with Crippen LogP contribution in [-0.4, -0.2) is 32.3 Å². The summed E-state index contributed by atoms with van der Waals surface area (Å²) in [5.74, 6) is 0. The van der Waals surface area contributed by atoms with Crippen LogP contribution in [0.15, 0.2) is 25.0 Å². The molecule has 0 radical (unpaired) electrons. The first-order valence-corrected chi connectivity index (χ1v) is 8.90. The van der Waals surface area contributed by atoms with Crippen molar-refractivity contribution in [3.63, 3.8) is 0 Å². The average Bonchev–Trinajstić information content (AvgIpc) is 3.17. The Labute approximate surface area is 139 Å². The average molecular weight is 318 g/mol. The van der Waals surface area contributed by atoms with Crippen molar-refractivity contribution in [1.82, 2.24) is 19.1 Å². The minimum absolute atomic E-state index is 0.810. The highest BCUT2D eigenvalue weighted by atomic mass is 16.5. The van der Waals surface area contributed by atoms with E-state index in [1.54, 1.807) is 0 Å². The second kappa shape index (κ2) is 10.2. The summed E-state index contributed by atoms with van der Waals surface area (Å²) in [6.07, 6.45) is 14.5. The third-order valence-electron chi connectivity index (χ3n) is 3.78. The zero-order valence-corrected chi connectivity index (χ0v) is 14.6. The quantitative estimate of drug-likeness (QED) is 0.563. The van der Waals surface area contributed by atoms with Crippen LogP contribution in [0.25, 0.3) is 0 Å². The van der Waals surface area contributed by atoms with Crippen LogP contribution in [0, 0.1) is 0 Å². The minimum atomic E-state index is 0.810. The van der Waals surface area contributed by atoms with Crippen LogP contribution in [0.3, 0.4) is 0 Å². The summed E-state index contributed by atoms with van der Waals surface area (Å²) in [5, 5.41) is 0. The summed E-state index contributed by atoms with van der Waals surface area (Å²) in [7, 11) is 0. The van der Waals surface area contributed by atoms with Gasteiger partial charge in [0.1, 0.15) is 0 Å². The standard InChI is InChI=1S/C18H30N4O/c1-3-9-21-13-17(19-15-21)7-5-11-23-12-6-8-18-14-22(10-4-2)16-20-18/h13-16H,3-12H2,1-2H3. The molecule has 0 amide bonds. The summed E-state index contributed by atoms with van der Waals surface area (Å²) in [5.41, 5.74) is 2.34. The predicted molar refractivity (Wildman–Crippen MR) is 92.5 cm³/mol. The van der Waals surface area contributed by atoms with E-state index in [-0.39, 0.29) is 0 Å². The molecule has 0 saturated heterocycles. The highest BCUT2D eigenvalue weighted by Gasteiger charge is 2.00. The van der Waals surface area contributed by atoms with Crippen molar-refractivity contribution >= 4 is 0 Å². The Morgan fingerprint density at radius 1 is 0.826 bits per heavy atom. The Bertz CT molecular complexity index is 498. The van der Waals surface area contributed by atoms with Crippen molar-refractivity contribution in [2.24, 2.45) is 0 Å². The predicted octanol–water partition coefficient (Wildman–Crippen LogP) is 3.48. The van der Waals surface area contributed by atoms with Gasteiger partial charge in [0.05, 0.1) is 24.0 Å². The van der Waals surface area contributed by atoms with Crippen molar-refractivity contribution in [3.8, 4) is 0 Å². The van der Waals surface area contributed by atoms with Crippen molar-refractivity contribution in [2.45, 2.75) is 65.5 Å². The topological polar surface area (TPSA) is 44.9 Å². The van der Waals surface area contributed by atoms with Gasteiger partial charge in [-0.15, -0.1) is 0 Å².